The number of amides is 2. The zero-order valence-electron chi connectivity index (χ0n) is 39.4. The molecule has 0 aliphatic heterocycles. The number of hydrogen-bond acceptors (Lipinski definition) is 12. The smallest absolute Gasteiger partial charge is 0.296 e. The molecule has 20 heteroatoms. The molecular weight excluding hydrogens is 947 g/mol. The van der Waals surface area contributed by atoms with E-state index in [9.17, 15) is 45.7 Å². The number of aryl methyl sites for hydroxylation is 2. The van der Waals surface area contributed by atoms with Crippen molar-refractivity contribution >= 4 is 130 Å². The van der Waals surface area contributed by atoms with Crippen molar-refractivity contribution in [2.24, 2.45) is 10.2 Å². The molecule has 2 amide bonds. The number of phenols is 2. The van der Waals surface area contributed by atoms with Crippen LogP contribution in [0, 0.1) is 0 Å². The van der Waals surface area contributed by atoms with Crippen molar-refractivity contribution in [3.8, 4) is 28.7 Å². The number of hydrogen-bond donors (Lipinski definition) is 6. The first-order valence-corrected chi connectivity index (χ1v) is 24.9. The topological polar surface area (TPSA) is 251 Å². The number of anilines is 1. The van der Waals surface area contributed by atoms with Crippen LogP contribution < -0.4 is 20.1 Å². The molecule has 6 N–H and O–H groups in total. The van der Waals surface area contributed by atoms with E-state index in [2.05, 4.69) is 52.9 Å². The van der Waals surface area contributed by atoms with Gasteiger partial charge in [-0.05, 0) is 110 Å². The fourth-order valence-electron chi connectivity index (χ4n) is 7.57. The van der Waals surface area contributed by atoms with E-state index in [1.165, 1.54) is 60.7 Å². The molecule has 0 unspecified atom stereocenters. The van der Waals surface area contributed by atoms with Crippen molar-refractivity contribution in [2.45, 2.75) is 94.8 Å². The number of unbranched alkanes of at least 4 members (excludes halogenated alkanes) is 5. The van der Waals surface area contributed by atoms with E-state index in [1.807, 2.05) is 0 Å². The third kappa shape index (κ3) is 15.2. The fraction of sp³-hybridized carbons (Fsp3) is 0.306. The average molecular weight is 1000 g/mol. The number of nitrogens with zero attached hydrogens (tertiary/aromatic N) is 2. The Kier molecular flexibility index (Phi) is 21.5. The summed E-state index contributed by atoms with van der Waals surface area (Å²) < 4.78 is 80.9. The molecule has 16 nitrogen and oxygen atoms in total. The molecule has 0 aliphatic rings. The van der Waals surface area contributed by atoms with E-state index < -0.39 is 53.3 Å². The third-order valence-electron chi connectivity index (χ3n) is 10.9. The third-order valence-corrected chi connectivity index (χ3v) is 12.6. The normalized spacial score (nSPS) is 11.6. The van der Waals surface area contributed by atoms with E-state index in [0.717, 1.165) is 63.0 Å². The molecule has 69 heavy (non-hydrogen) atoms. The molecule has 6 aromatic rings. The van der Waals surface area contributed by atoms with Gasteiger partial charge in [0.05, 0.1) is 28.4 Å². The maximum atomic E-state index is 13.5. The Morgan fingerprint density at radius 3 is 2.03 bits per heavy atom. The van der Waals surface area contributed by atoms with Gasteiger partial charge in [0.15, 0.2) is 5.75 Å². The molecule has 0 aliphatic carbocycles. The Labute approximate surface area is 446 Å². The van der Waals surface area contributed by atoms with Gasteiger partial charge in [0.25, 0.3) is 26.1 Å². The quantitative estimate of drug-likeness (QED) is 0.0161. The van der Waals surface area contributed by atoms with Crippen LogP contribution in [0.2, 0.25) is 0 Å². The number of azo groups is 1. The van der Waals surface area contributed by atoms with Gasteiger partial charge in [-0.2, -0.15) is 21.9 Å². The summed E-state index contributed by atoms with van der Waals surface area (Å²) in [6.07, 6.45) is 10.4. The van der Waals surface area contributed by atoms with E-state index in [4.69, 9.17) is 9.47 Å². The van der Waals surface area contributed by atoms with Crippen molar-refractivity contribution in [3.63, 3.8) is 0 Å². The maximum absolute atomic E-state index is 13.5. The Morgan fingerprint density at radius 2 is 1.38 bits per heavy atom. The molecule has 0 saturated heterocycles. The molecule has 0 aromatic heterocycles. The number of benzene rings is 6. The van der Waals surface area contributed by atoms with Crippen molar-refractivity contribution in [2.75, 3.05) is 18.5 Å². The van der Waals surface area contributed by atoms with Gasteiger partial charge in [-0.3, -0.25) is 18.7 Å². The first-order valence-electron chi connectivity index (χ1n) is 22.0. The molecule has 2 radical (unpaired) electrons. The van der Waals surface area contributed by atoms with E-state index in [1.54, 1.807) is 24.3 Å². The van der Waals surface area contributed by atoms with Gasteiger partial charge in [0.1, 0.15) is 33.6 Å². The van der Waals surface area contributed by atoms with Gasteiger partial charge in [0.2, 0.25) is 5.91 Å². The van der Waals surface area contributed by atoms with Gasteiger partial charge >= 0.3 is 0 Å². The van der Waals surface area contributed by atoms with Crippen molar-refractivity contribution in [1.29, 1.82) is 0 Å². The van der Waals surface area contributed by atoms with Crippen LogP contribution in [0.25, 0.3) is 21.5 Å². The van der Waals surface area contributed by atoms with E-state index in [0.29, 0.717) is 36.8 Å². The maximum Gasteiger partial charge on any atom is 0.296 e. The second-order valence-electron chi connectivity index (χ2n) is 16.1. The predicted octanol–water partition coefficient (Wildman–Crippen LogP) is 10.4. The van der Waals surface area contributed by atoms with Gasteiger partial charge in [-0.25, -0.2) is 0 Å². The fourth-order valence-corrected chi connectivity index (χ4v) is 8.77. The number of carbonyl (C=O) groups excluding carboxylic acids is 2. The number of carbonyl (C=O) groups is 2. The summed E-state index contributed by atoms with van der Waals surface area (Å²) in [5.41, 5.74) is 1.67. The molecule has 356 valence electrons. The number of phenolic OH excluding ortho intramolecular Hbond substituents is 2. The first kappa shape index (κ1) is 57.0. The zero-order valence-corrected chi connectivity index (χ0v) is 45.0. The standard InChI is InChI=1S/C49H54N4O12S2.2Na/c1-4-6-8-14-32-18-23-42(33(26-32)15-9-7-5-2)64-25-13-12-24-50-49(57)40-30-43(38-16-10-11-17-39(38)47(40)55)65-36-21-19-35(20-22-36)52-53-46-44(67(61,62)63)28-34-27-37(66(58,59)60)29-41(51-31(3)54)45(34)48(46)56;;/h10-11,16-23,26-30,55-56H,4-9,12-15,24-25H2,1-3H3,(H,50,57)(H,51,54)(H,58,59,60)(H,61,62,63);;. The Morgan fingerprint density at radius 1 is 0.696 bits per heavy atom. The van der Waals surface area contributed by atoms with Gasteiger partial charge in [-0.1, -0.05) is 75.9 Å². The van der Waals surface area contributed by atoms with E-state index >= 15 is 0 Å². The molecule has 0 heterocycles. The second-order valence-corrected chi connectivity index (χ2v) is 18.9. The van der Waals surface area contributed by atoms with Gasteiger partial charge in [-0.15, -0.1) is 5.11 Å². The van der Waals surface area contributed by atoms with Crippen LogP contribution in [0.1, 0.15) is 93.6 Å². The Balaban J connectivity index is 0.00000518. The molecule has 6 rings (SSSR count). The number of rotatable bonds is 22. The molecule has 0 atom stereocenters. The van der Waals surface area contributed by atoms with Crippen LogP contribution in [0.3, 0.4) is 0 Å². The molecule has 0 fully saturated rings. The molecule has 0 bridgehead atoms. The van der Waals surface area contributed by atoms with Crippen molar-refractivity contribution < 1.29 is 55.2 Å². The Bertz CT molecular complexity index is 3040. The number of ether oxygens (including phenoxy) is 2. The monoisotopic (exact) mass is 1000 g/mol. The van der Waals surface area contributed by atoms with Crippen LogP contribution in [0.4, 0.5) is 17.1 Å². The molecule has 6 aromatic carbocycles. The summed E-state index contributed by atoms with van der Waals surface area (Å²) in [6, 6.07) is 23.3. The van der Waals surface area contributed by atoms with Gasteiger partial charge < -0.3 is 30.3 Å². The minimum atomic E-state index is -5.12. The summed E-state index contributed by atoms with van der Waals surface area (Å²) in [5.74, 6) is -0.825. The Hall–Kier alpha value is -4.60. The van der Waals surface area contributed by atoms with Crippen LogP contribution >= 0.6 is 0 Å². The average Bonchev–Trinajstić information content (AvgIpc) is 3.28. The first-order chi connectivity index (χ1) is 32.0. The number of aromatic hydroxyl groups is 2. The zero-order chi connectivity index (χ0) is 48.3. The van der Waals surface area contributed by atoms with Crippen LogP contribution in [-0.2, 0) is 37.9 Å². The molecular formula is C49H54N4Na2O12S2. The summed E-state index contributed by atoms with van der Waals surface area (Å²) in [4.78, 5) is 23.8. The largest absolute Gasteiger partial charge is 0.506 e. The summed E-state index contributed by atoms with van der Waals surface area (Å²) in [6.45, 7) is 6.33. The molecule has 0 spiro atoms. The minimum Gasteiger partial charge on any atom is -0.506 e. The number of fused-ring (bicyclic) bond motifs is 2. The summed E-state index contributed by atoms with van der Waals surface area (Å²) in [5, 5.41) is 36.0. The minimum absolute atomic E-state index is 0. The van der Waals surface area contributed by atoms with Crippen molar-refractivity contribution in [1.82, 2.24) is 5.32 Å². The van der Waals surface area contributed by atoms with Crippen molar-refractivity contribution in [3.05, 3.63) is 108 Å². The predicted molar refractivity (Wildman–Crippen MR) is 267 cm³/mol. The second kappa shape index (κ2) is 26.0. The summed E-state index contributed by atoms with van der Waals surface area (Å²) in [7, 11) is -9.98. The van der Waals surface area contributed by atoms with Crippen LogP contribution in [0.15, 0.2) is 111 Å². The summed E-state index contributed by atoms with van der Waals surface area (Å²) >= 11 is 0. The number of nitrogens with one attached hydrogen (secondary N) is 2. The van der Waals surface area contributed by atoms with Crippen LogP contribution in [0.5, 0.6) is 28.7 Å². The van der Waals surface area contributed by atoms with E-state index in [-0.39, 0.29) is 104 Å². The SMILES string of the molecule is CCCCCc1ccc(OCCCCNC(=O)c2cc(Oc3ccc(N=Nc4c(S(=O)(=O)O)cc5cc(S(=O)(=O)O)cc(NC(C)=O)c5c4O)cc3)c3ccccc3c2O)c(CCCCC)c1.[Na].[Na]. The van der Waals surface area contributed by atoms with Crippen LogP contribution in [-0.4, -0.2) is 120 Å². The molecule has 0 saturated carbocycles. The van der Waals surface area contributed by atoms with Gasteiger partial charge in [0, 0.05) is 88.7 Å².